The van der Waals surface area contributed by atoms with Gasteiger partial charge in [0.1, 0.15) is 0 Å². The summed E-state index contributed by atoms with van der Waals surface area (Å²) in [6.07, 6.45) is 1.07. The number of para-hydroxylation sites is 1. The third-order valence-corrected chi connectivity index (χ3v) is 3.91. The van der Waals surface area contributed by atoms with Crippen LogP contribution in [0.1, 0.15) is 24.4 Å². The highest BCUT2D eigenvalue weighted by Crippen LogP contribution is 2.33. The molecule has 3 N–H and O–H groups in total. The van der Waals surface area contributed by atoms with Gasteiger partial charge in [0.2, 0.25) is 5.91 Å². The second kappa shape index (κ2) is 5.13. The molecule has 0 saturated carbocycles. The van der Waals surface area contributed by atoms with Gasteiger partial charge in [-0.05, 0) is 18.1 Å². The van der Waals surface area contributed by atoms with Gasteiger partial charge in [-0.15, -0.1) is 0 Å². The van der Waals surface area contributed by atoms with Crippen LogP contribution in [-0.2, 0) is 9.59 Å². The molecule has 3 rings (SSSR count). The van der Waals surface area contributed by atoms with Gasteiger partial charge in [-0.25, -0.2) is 0 Å². The van der Waals surface area contributed by atoms with Crippen molar-refractivity contribution in [3.05, 3.63) is 29.8 Å². The van der Waals surface area contributed by atoms with Crippen molar-refractivity contribution in [1.29, 1.82) is 0 Å². The molecule has 2 saturated heterocycles. The zero-order valence-corrected chi connectivity index (χ0v) is 11.0. The fourth-order valence-corrected chi connectivity index (χ4v) is 2.85. The van der Waals surface area contributed by atoms with Gasteiger partial charge in [0.25, 0.3) is 0 Å². The lowest BCUT2D eigenvalue weighted by Crippen LogP contribution is -2.34. The summed E-state index contributed by atoms with van der Waals surface area (Å²) in [6, 6.07) is 7.82. The highest BCUT2D eigenvalue weighted by Gasteiger charge is 2.32. The van der Waals surface area contributed by atoms with Gasteiger partial charge >= 0.3 is 5.97 Å². The Bertz CT molecular complexity index is 546. The van der Waals surface area contributed by atoms with Gasteiger partial charge < -0.3 is 10.4 Å². The second-order valence-electron chi connectivity index (χ2n) is 5.23. The zero-order chi connectivity index (χ0) is 14.1. The number of nitrogens with zero attached hydrogens (tertiary/aromatic N) is 1. The molecule has 6 heteroatoms. The van der Waals surface area contributed by atoms with Crippen molar-refractivity contribution >= 4 is 17.6 Å². The molecule has 2 unspecified atom stereocenters. The van der Waals surface area contributed by atoms with Crippen LogP contribution in [0.25, 0.3) is 0 Å². The van der Waals surface area contributed by atoms with Crippen molar-refractivity contribution in [3.8, 4) is 0 Å². The number of benzene rings is 1. The van der Waals surface area contributed by atoms with Crippen LogP contribution in [0.5, 0.6) is 0 Å². The van der Waals surface area contributed by atoms with Crippen molar-refractivity contribution in [2.24, 2.45) is 5.92 Å². The molecule has 20 heavy (non-hydrogen) atoms. The molecule has 0 aromatic heterocycles. The molecule has 1 amide bonds. The lowest BCUT2D eigenvalue weighted by Gasteiger charge is -2.23. The normalized spacial score (nSPS) is 25.8. The topological polar surface area (TPSA) is 81.7 Å². The Morgan fingerprint density at radius 3 is 2.80 bits per heavy atom. The SMILES string of the molecule is O=C1CCN(c2ccccc2C2CC(C(=O)O)CN2)N1. The third-order valence-electron chi connectivity index (χ3n) is 3.91. The van der Waals surface area contributed by atoms with E-state index in [1.54, 1.807) is 0 Å². The van der Waals surface area contributed by atoms with E-state index in [-0.39, 0.29) is 17.9 Å². The number of rotatable bonds is 3. The van der Waals surface area contributed by atoms with E-state index in [0.717, 1.165) is 11.3 Å². The molecule has 6 nitrogen and oxygen atoms in total. The van der Waals surface area contributed by atoms with Crippen molar-refractivity contribution in [2.75, 3.05) is 18.1 Å². The van der Waals surface area contributed by atoms with E-state index in [1.807, 2.05) is 29.3 Å². The van der Waals surface area contributed by atoms with Crippen molar-refractivity contribution in [1.82, 2.24) is 10.7 Å². The van der Waals surface area contributed by atoms with E-state index in [0.29, 0.717) is 25.9 Å². The lowest BCUT2D eigenvalue weighted by molar-refractivity contribution is -0.141. The highest BCUT2D eigenvalue weighted by atomic mass is 16.4. The summed E-state index contributed by atoms with van der Waals surface area (Å²) in [5.74, 6) is -1.09. The number of hydrazine groups is 1. The van der Waals surface area contributed by atoms with E-state index in [4.69, 9.17) is 5.11 Å². The van der Waals surface area contributed by atoms with Gasteiger partial charge in [0.15, 0.2) is 0 Å². The van der Waals surface area contributed by atoms with Gasteiger partial charge in [0.05, 0.1) is 11.6 Å². The van der Waals surface area contributed by atoms with Crippen LogP contribution in [0.3, 0.4) is 0 Å². The minimum Gasteiger partial charge on any atom is -0.481 e. The number of aliphatic carboxylic acids is 1. The summed E-state index contributed by atoms with van der Waals surface area (Å²) in [6.45, 7) is 1.13. The molecule has 2 aliphatic heterocycles. The molecule has 2 heterocycles. The first kappa shape index (κ1) is 12.9. The molecule has 0 bridgehead atoms. The van der Waals surface area contributed by atoms with Crippen LogP contribution in [0.15, 0.2) is 24.3 Å². The van der Waals surface area contributed by atoms with Gasteiger partial charge in [-0.2, -0.15) is 0 Å². The van der Waals surface area contributed by atoms with E-state index < -0.39 is 5.97 Å². The second-order valence-corrected chi connectivity index (χ2v) is 5.23. The summed E-state index contributed by atoms with van der Waals surface area (Å²) >= 11 is 0. The molecule has 0 spiro atoms. The number of anilines is 1. The molecule has 2 fully saturated rings. The fourth-order valence-electron chi connectivity index (χ4n) is 2.85. The molecule has 0 radical (unpaired) electrons. The van der Waals surface area contributed by atoms with Crippen molar-refractivity contribution in [2.45, 2.75) is 18.9 Å². The summed E-state index contributed by atoms with van der Waals surface area (Å²) < 4.78 is 0. The quantitative estimate of drug-likeness (QED) is 0.755. The highest BCUT2D eigenvalue weighted by molar-refractivity contribution is 5.82. The average Bonchev–Trinajstić information content (AvgIpc) is 3.07. The Labute approximate surface area is 116 Å². The van der Waals surface area contributed by atoms with E-state index in [1.165, 1.54) is 0 Å². The zero-order valence-electron chi connectivity index (χ0n) is 11.0. The predicted molar refractivity (Wildman–Crippen MR) is 73.0 cm³/mol. The van der Waals surface area contributed by atoms with Crippen LogP contribution in [0.2, 0.25) is 0 Å². The van der Waals surface area contributed by atoms with Crippen LogP contribution < -0.4 is 15.8 Å². The first-order valence-corrected chi connectivity index (χ1v) is 6.77. The summed E-state index contributed by atoms with van der Waals surface area (Å²) in [5.41, 5.74) is 4.80. The minimum absolute atomic E-state index is 0.0163. The standard InChI is InChI=1S/C14H17N3O3/c18-13-5-6-17(16-13)12-4-2-1-3-10(12)11-7-9(8-15-11)14(19)20/h1-4,9,11,15H,5-8H2,(H,16,18)(H,19,20). The summed E-state index contributed by atoms with van der Waals surface area (Å²) in [5, 5.41) is 14.2. The molecule has 1 aromatic rings. The Kier molecular flexibility index (Phi) is 3.31. The lowest BCUT2D eigenvalue weighted by atomic mass is 9.98. The Balaban J connectivity index is 1.83. The number of hydrogen-bond acceptors (Lipinski definition) is 4. The summed E-state index contributed by atoms with van der Waals surface area (Å²) in [7, 11) is 0. The van der Waals surface area contributed by atoms with Crippen LogP contribution in [-0.4, -0.2) is 30.1 Å². The maximum atomic E-state index is 11.4. The summed E-state index contributed by atoms with van der Waals surface area (Å²) in [4.78, 5) is 22.4. The van der Waals surface area contributed by atoms with Gasteiger partial charge in [0, 0.05) is 25.6 Å². The number of nitrogens with one attached hydrogen (secondary N) is 2. The molecule has 106 valence electrons. The smallest absolute Gasteiger partial charge is 0.307 e. The molecule has 2 aliphatic rings. The van der Waals surface area contributed by atoms with Crippen molar-refractivity contribution < 1.29 is 14.7 Å². The number of carboxylic acids is 1. The monoisotopic (exact) mass is 275 g/mol. The molecular formula is C14H17N3O3. The van der Waals surface area contributed by atoms with E-state index in [9.17, 15) is 9.59 Å². The Morgan fingerprint density at radius 1 is 1.35 bits per heavy atom. The number of carbonyl (C=O) groups is 2. The molecule has 1 aromatic carbocycles. The Hall–Kier alpha value is -2.08. The van der Waals surface area contributed by atoms with Gasteiger partial charge in [-0.1, -0.05) is 18.2 Å². The molecule has 0 aliphatic carbocycles. The van der Waals surface area contributed by atoms with E-state index >= 15 is 0 Å². The maximum absolute atomic E-state index is 11.4. The predicted octanol–water partition coefficient (Wildman–Crippen LogP) is 0.663. The average molecular weight is 275 g/mol. The van der Waals surface area contributed by atoms with Crippen LogP contribution >= 0.6 is 0 Å². The maximum Gasteiger partial charge on any atom is 0.307 e. The number of amides is 1. The van der Waals surface area contributed by atoms with Crippen LogP contribution in [0.4, 0.5) is 5.69 Å². The number of hydrogen-bond donors (Lipinski definition) is 3. The minimum atomic E-state index is -0.757. The first-order chi connectivity index (χ1) is 9.65. The number of carboxylic acid groups (broad SMARTS) is 1. The molecule has 2 atom stereocenters. The Morgan fingerprint density at radius 2 is 2.15 bits per heavy atom. The largest absolute Gasteiger partial charge is 0.481 e. The first-order valence-electron chi connectivity index (χ1n) is 6.77. The number of carbonyl (C=O) groups excluding carboxylic acids is 1. The molecular weight excluding hydrogens is 258 g/mol. The third kappa shape index (κ3) is 2.34. The van der Waals surface area contributed by atoms with Crippen molar-refractivity contribution in [3.63, 3.8) is 0 Å². The van der Waals surface area contributed by atoms with Gasteiger partial charge in [-0.3, -0.25) is 20.0 Å². The van der Waals surface area contributed by atoms with Crippen LogP contribution in [0, 0.1) is 5.92 Å². The fraction of sp³-hybridized carbons (Fsp3) is 0.429. The van der Waals surface area contributed by atoms with E-state index in [2.05, 4.69) is 10.7 Å².